The zero-order valence-corrected chi connectivity index (χ0v) is 19.2. The largest absolute Gasteiger partial charge is 0.444 e. The second-order valence-corrected chi connectivity index (χ2v) is 9.14. The van der Waals surface area contributed by atoms with Gasteiger partial charge in [0, 0.05) is 16.1 Å². The van der Waals surface area contributed by atoms with Gasteiger partial charge in [0.15, 0.2) is 5.78 Å². The number of hydrogen-bond donors (Lipinski definition) is 2. The Morgan fingerprint density at radius 2 is 1.68 bits per heavy atom. The lowest BCUT2D eigenvalue weighted by atomic mass is 10.0. The maximum Gasteiger partial charge on any atom is 0.408 e. The van der Waals surface area contributed by atoms with Crippen molar-refractivity contribution in [2.75, 3.05) is 5.32 Å². The number of alkyl carbamates (subject to hydrolysis) is 1. The molecule has 0 aliphatic carbocycles. The van der Waals surface area contributed by atoms with E-state index in [1.165, 1.54) is 6.07 Å². The number of nitrogens with one attached hydrogen (secondary N) is 2. The standard InChI is InChI=1S/C24H29ClN2O4/c1-15(2)13-20(27-23(30)31-24(3,4)5)22(29)26-19-12-11-17(25)14-18(19)21(28)16-9-7-6-8-10-16/h6-12,14-15,20H,13H2,1-5H3,(H,26,29)(H,27,30). The molecular formula is C24H29ClN2O4. The maximum atomic E-state index is 13.0. The number of rotatable bonds is 7. The minimum absolute atomic E-state index is 0.140. The third-order valence-corrected chi connectivity index (χ3v) is 4.47. The van der Waals surface area contributed by atoms with E-state index in [1.54, 1.807) is 57.2 Å². The molecule has 0 fully saturated rings. The van der Waals surface area contributed by atoms with Gasteiger partial charge in [-0.2, -0.15) is 0 Å². The van der Waals surface area contributed by atoms with Gasteiger partial charge in [0.2, 0.25) is 5.91 Å². The van der Waals surface area contributed by atoms with E-state index in [-0.39, 0.29) is 17.3 Å². The Kier molecular flexibility index (Phi) is 8.22. The van der Waals surface area contributed by atoms with Gasteiger partial charge in [0.25, 0.3) is 0 Å². The van der Waals surface area contributed by atoms with E-state index in [0.29, 0.717) is 22.7 Å². The van der Waals surface area contributed by atoms with Crippen molar-refractivity contribution < 1.29 is 19.1 Å². The van der Waals surface area contributed by atoms with Crippen molar-refractivity contribution in [2.24, 2.45) is 5.92 Å². The van der Waals surface area contributed by atoms with Gasteiger partial charge in [-0.1, -0.05) is 55.8 Å². The van der Waals surface area contributed by atoms with Crippen LogP contribution in [0.1, 0.15) is 57.0 Å². The van der Waals surface area contributed by atoms with Gasteiger partial charge in [-0.05, 0) is 51.3 Å². The highest BCUT2D eigenvalue weighted by atomic mass is 35.5. The Labute approximate surface area is 188 Å². The second kappa shape index (κ2) is 10.4. The van der Waals surface area contributed by atoms with Crippen molar-refractivity contribution in [2.45, 2.75) is 52.7 Å². The Hall–Kier alpha value is -2.86. The van der Waals surface area contributed by atoms with Crippen molar-refractivity contribution in [1.29, 1.82) is 0 Å². The van der Waals surface area contributed by atoms with E-state index in [2.05, 4.69) is 10.6 Å². The minimum Gasteiger partial charge on any atom is -0.444 e. The summed E-state index contributed by atoms with van der Waals surface area (Å²) in [5, 5.41) is 5.78. The summed E-state index contributed by atoms with van der Waals surface area (Å²) in [6.45, 7) is 9.14. The molecule has 166 valence electrons. The summed E-state index contributed by atoms with van der Waals surface area (Å²) in [7, 11) is 0. The van der Waals surface area contributed by atoms with Gasteiger partial charge in [0.1, 0.15) is 11.6 Å². The highest BCUT2D eigenvalue weighted by molar-refractivity contribution is 6.31. The van der Waals surface area contributed by atoms with Gasteiger partial charge in [0.05, 0.1) is 5.69 Å². The van der Waals surface area contributed by atoms with Crippen LogP contribution in [-0.2, 0) is 9.53 Å². The van der Waals surface area contributed by atoms with Gasteiger partial charge in [-0.15, -0.1) is 0 Å². The molecule has 0 aromatic heterocycles. The average Bonchev–Trinajstić information content (AvgIpc) is 2.67. The first kappa shape index (κ1) is 24.4. The number of halogens is 1. The molecule has 0 saturated carbocycles. The Morgan fingerprint density at radius 3 is 2.26 bits per heavy atom. The van der Waals surface area contributed by atoms with Gasteiger partial charge in [-0.25, -0.2) is 4.79 Å². The topological polar surface area (TPSA) is 84.5 Å². The molecule has 0 bridgehead atoms. The summed E-state index contributed by atoms with van der Waals surface area (Å²) in [6, 6.07) is 12.6. The van der Waals surface area contributed by atoms with Crippen molar-refractivity contribution in [1.82, 2.24) is 5.32 Å². The van der Waals surface area contributed by atoms with Crippen molar-refractivity contribution in [3.8, 4) is 0 Å². The molecule has 2 amide bonds. The quantitative estimate of drug-likeness (QED) is 0.556. The molecule has 2 aromatic carbocycles. The van der Waals surface area contributed by atoms with Gasteiger partial charge >= 0.3 is 6.09 Å². The Bertz CT molecular complexity index is 936. The number of benzene rings is 2. The van der Waals surface area contributed by atoms with Crippen LogP contribution in [0.4, 0.5) is 10.5 Å². The molecule has 2 aromatic rings. The van der Waals surface area contributed by atoms with Gasteiger partial charge < -0.3 is 15.4 Å². The molecule has 31 heavy (non-hydrogen) atoms. The lowest BCUT2D eigenvalue weighted by Crippen LogP contribution is -2.46. The first-order valence-corrected chi connectivity index (χ1v) is 10.5. The molecule has 0 saturated heterocycles. The number of carbonyl (C=O) groups excluding carboxylic acids is 3. The van der Waals surface area contributed by atoms with Crippen LogP contribution < -0.4 is 10.6 Å². The van der Waals surface area contributed by atoms with Crippen LogP contribution in [0.25, 0.3) is 0 Å². The Balaban J connectivity index is 2.27. The van der Waals surface area contributed by atoms with E-state index in [4.69, 9.17) is 16.3 Å². The number of carbonyl (C=O) groups is 3. The molecule has 2 N–H and O–H groups in total. The van der Waals surface area contributed by atoms with E-state index >= 15 is 0 Å². The minimum atomic E-state index is -0.829. The fourth-order valence-corrected chi connectivity index (χ4v) is 3.10. The van der Waals surface area contributed by atoms with Crippen molar-refractivity contribution in [3.63, 3.8) is 0 Å². The van der Waals surface area contributed by atoms with Gasteiger partial charge in [-0.3, -0.25) is 9.59 Å². The summed E-state index contributed by atoms with van der Waals surface area (Å²) in [4.78, 5) is 38.2. The summed E-state index contributed by atoms with van der Waals surface area (Å²) in [6.07, 6.45) is -0.273. The Morgan fingerprint density at radius 1 is 1.03 bits per heavy atom. The number of amides is 2. The van der Waals surface area contributed by atoms with E-state index < -0.39 is 23.6 Å². The molecular weight excluding hydrogens is 416 g/mol. The smallest absolute Gasteiger partial charge is 0.408 e. The number of ether oxygens (including phenoxy) is 1. The summed E-state index contributed by atoms with van der Waals surface area (Å²) in [5.41, 5.74) is 0.385. The summed E-state index contributed by atoms with van der Waals surface area (Å²) >= 11 is 6.11. The summed E-state index contributed by atoms with van der Waals surface area (Å²) < 4.78 is 5.28. The van der Waals surface area contributed by atoms with E-state index in [0.717, 1.165) is 0 Å². The predicted molar refractivity (Wildman–Crippen MR) is 123 cm³/mol. The normalized spacial score (nSPS) is 12.2. The van der Waals surface area contributed by atoms with Crippen LogP contribution in [-0.4, -0.2) is 29.4 Å². The molecule has 0 heterocycles. The molecule has 0 spiro atoms. The SMILES string of the molecule is CC(C)CC(NC(=O)OC(C)(C)C)C(=O)Nc1ccc(Cl)cc1C(=O)c1ccccc1. The molecule has 0 aliphatic rings. The van der Waals surface area contributed by atoms with Crippen molar-refractivity contribution >= 4 is 35.1 Å². The van der Waals surface area contributed by atoms with Crippen LogP contribution in [0.5, 0.6) is 0 Å². The summed E-state index contributed by atoms with van der Waals surface area (Å²) in [5.74, 6) is -0.566. The lowest BCUT2D eigenvalue weighted by Gasteiger charge is -2.24. The van der Waals surface area contributed by atoms with Crippen LogP contribution >= 0.6 is 11.6 Å². The highest BCUT2D eigenvalue weighted by Gasteiger charge is 2.26. The fraction of sp³-hybridized carbons (Fsp3) is 0.375. The van der Waals surface area contributed by atoms with Crippen LogP contribution in [0.2, 0.25) is 5.02 Å². The third kappa shape index (κ3) is 7.72. The predicted octanol–water partition coefficient (Wildman–Crippen LogP) is 5.45. The molecule has 1 atom stereocenters. The van der Waals surface area contributed by atoms with Crippen LogP contribution in [0.3, 0.4) is 0 Å². The number of ketones is 1. The van der Waals surface area contributed by atoms with Crippen LogP contribution in [0, 0.1) is 5.92 Å². The first-order valence-electron chi connectivity index (χ1n) is 10.2. The first-order chi connectivity index (χ1) is 14.5. The molecule has 0 aliphatic heterocycles. The monoisotopic (exact) mass is 444 g/mol. The second-order valence-electron chi connectivity index (χ2n) is 8.70. The molecule has 0 radical (unpaired) electrons. The maximum absolute atomic E-state index is 13.0. The van der Waals surface area contributed by atoms with E-state index in [1.807, 2.05) is 19.9 Å². The molecule has 7 heteroatoms. The average molecular weight is 445 g/mol. The zero-order chi connectivity index (χ0) is 23.2. The highest BCUT2D eigenvalue weighted by Crippen LogP contribution is 2.24. The van der Waals surface area contributed by atoms with E-state index in [9.17, 15) is 14.4 Å². The van der Waals surface area contributed by atoms with Crippen LogP contribution in [0.15, 0.2) is 48.5 Å². The fourth-order valence-electron chi connectivity index (χ4n) is 2.93. The molecule has 2 rings (SSSR count). The molecule has 1 unspecified atom stereocenters. The van der Waals surface area contributed by atoms with Crippen molar-refractivity contribution in [3.05, 3.63) is 64.7 Å². The molecule has 6 nitrogen and oxygen atoms in total. The number of hydrogen-bond acceptors (Lipinski definition) is 4. The third-order valence-electron chi connectivity index (χ3n) is 4.23. The number of anilines is 1. The zero-order valence-electron chi connectivity index (χ0n) is 18.5. The lowest BCUT2D eigenvalue weighted by molar-refractivity contribution is -0.118.